The van der Waals surface area contributed by atoms with Gasteiger partial charge in [0.05, 0.1) is 11.1 Å². The Balaban J connectivity index is 1.96. The Hall–Kier alpha value is -2.50. The minimum atomic E-state index is -0.898. The molecule has 2 aliphatic heterocycles. The quantitative estimate of drug-likeness (QED) is 0.722. The predicted molar refractivity (Wildman–Crippen MR) is 63.1 cm³/mol. The number of carbonyl (C=O) groups is 4. The molecule has 6 heteroatoms. The summed E-state index contributed by atoms with van der Waals surface area (Å²) < 4.78 is 0. The van der Waals surface area contributed by atoms with Gasteiger partial charge in [-0.1, -0.05) is 12.1 Å². The van der Waals surface area contributed by atoms with Gasteiger partial charge in [-0.25, -0.2) is 0 Å². The molecule has 1 N–H and O–H groups in total. The summed E-state index contributed by atoms with van der Waals surface area (Å²) >= 11 is 0. The normalized spacial score (nSPS) is 22.5. The third-order valence-corrected chi connectivity index (χ3v) is 3.35. The van der Waals surface area contributed by atoms with E-state index < -0.39 is 23.8 Å². The Kier molecular flexibility index (Phi) is 2.45. The fourth-order valence-electron chi connectivity index (χ4n) is 2.42. The molecule has 1 unspecified atom stereocenters. The maximum atomic E-state index is 12.2. The largest absolute Gasteiger partial charge is 0.295 e. The van der Waals surface area contributed by atoms with Crippen LogP contribution in [0.25, 0.3) is 0 Å². The number of hydrogen-bond acceptors (Lipinski definition) is 4. The number of hydrogen-bond donors (Lipinski definition) is 1. The van der Waals surface area contributed by atoms with Gasteiger partial charge in [0, 0.05) is 6.42 Å². The van der Waals surface area contributed by atoms with Gasteiger partial charge in [-0.3, -0.25) is 29.4 Å². The molecule has 1 aromatic rings. The van der Waals surface area contributed by atoms with Gasteiger partial charge in [0.25, 0.3) is 11.8 Å². The molecule has 3 rings (SSSR count). The second kappa shape index (κ2) is 4.01. The third-order valence-electron chi connectivity index (χ3n) is 3.35. The van der Waals surface area contributed by atoms with E-state index in [0.29, 0.717) is 11.1 Å². The van der Waals surface area contributed by atoms with Crippen LogP contribution in [0.3, 0.4) is 0 Å². The van der Waals surface area contributed by atoms with Gasteiger partial charge in [-0.2, -0.15) is 0 Å². The summed E-state index contributed by atoms with van der Waals surface area (Å²) in [6, 6.07) is 5.55. The lowest BCUT2D eigenvalue weighted by atomic mass is 10.0. The zero-order valence-electron chi connectivity index (χ0n) is 9.88. The van der Waals surface area contributed by atoms with Crippen LogP contribution >= 0.6 is 0 Å². The van der Waals surface area contributed by atoms with Gasteiger partial charge in [-0.05, 0) is 18.6 Å². The molecule has 1 atom stereocenters. The van der Waals surface area contributed by atoms with E-state index in [9.17, 15) is 19.2 Å². The summed E-state index contributed by atoms with van der Waals surface area (Å²) in [7, 11) is 0. The van der Waals surface area contributed by atoms with E-state index in [4.69, 9.17) is 0 Å². The van der Waals surface area contributed by atoms with Gasteiger partial charge in [-0.15, -0.1) is 0 Å². The molecule has 0 bridgehead atoms. The zero-order chi connectivity index (χ0) is 13.6. The van der Waals surface area contributed by atoms with Crippen molar-refractivity contribution in [1.29, 1.82) is 0 Å². The molecule has 2 heterocycles. The Morgan fingerprint density at radius 3 is 2.11 bits per heavy atom. The second-order valence-corrected chi connectivity index (χ2v) is 4.49. The highest BCUT2D eigenvalue weighted by atomic mass is 16.2. The molecule has 0 aliphatic carbocycles. The number of nitrogens with one attached hydrogen (secondary N) is 1. The molecule has 1 fully saturated rings. The standard InChI is InChI=1S/C13H10N2O4/c16-10-6-5-9(11(17)14-10)15-12(18)7-3-1-2-4-8(7)13(15)19/h1-4,9H,5-6H2,(H,14,16,17)/i14-1. The van der Waals surface area contributed by atoms with Crippen LogP contribution in [0.4, 0.5) is 0 Å². The van der Waals surface area contributed by atoms with Gasteiger partial charge in [0.2, 0.25) is 11.8 Å². The van der Waals surface area contributed by atoms with E-state index >= 15 is 0 Å². The van der Waals surface area contributed by atoms with E-state index in [1.807, 2.05) is 0 Å². The number of fused-ring (bicyclic) bond motifs is 1. The van der Waals surface area contributed by atoms with Crippen LogP contribution in [-0.2, 0) is 9.59 Å². The summed E-state index contributed by atoms with van der Waals surface area (Å²) in [4.78, 5) is 48.1. The van der Waals surface area contributed by atoms with Crippen molar-refractivity contribution in [2.24, 2.45) is 0 Å². The second-order valence-electron chi connectivity index (χ2n) is 4.49. The number of carbonyl (C=O) groups excluding carboxylic acids is 4. The minimum Gasteiger partial charge on any atom is -0.295 e. The van der Waals surface area contributed by atoms with Crippen molar-refractivity contribution in [2.45, 2.75) is 18.9 Å². The van der Waals surface area contributed by atoms with Crippen molar-refractivity contribution in [3.8, 4) is 0 Å². The van der Waals surface area contributed by atoms with Crippen molar-refractivity contribution in [3.05, 3.63) is 35.4 Å². The number of imide groups is 2. The Morgan fingerprint density at radius 1 is 1.00 bits per heavy atom. The third kappa shape index (κ3) is 1.64. The lowest BCUT2D eigenvalue weighted by Gasteiger charge is -2.27. The zero-order valence-corrected chi connectivity index (χ0v) is 9.88. The first-order valence-electron chi connectivity index (χ1n) is 5.90. The lowest BCUT2D eigenvalue weighted by Crippen LogP contribution is -2.54. The lowest BCUT2D eigenvalue weighted by molar-refractivity contribution is -0.136. The maximum Gasteiger partial charge on any atom is 0.262 e. The molecule has 0 spiro atoms. The van der Waals surface area contributed by atoms with Crippen molar-refractivity contribution < 1.29 is 19.2 Å². The number of nitrogens with zero attached hydrogens (tertiary/aromatic N) is 1. The first kappa shape index (κ1) is 11.6. The monoisotopic (exact) mass is 257 g/mol. The SMILES string of the molecule is O=C1CCC(N2C(=O)c3ccccc3C2=O)C(=O)[13NH]1. The highest BCUT2D eigenvalue weighted by Gasteiger charge is 2.44. The van der Waals surface area contributed by atoms with Crippen molar-refractivity contribution in [1.82, 2.24) is 10.2 Å². The molecule has 2 aliphatic rings. The van der Waals surface area contributed by atoms with Crippen molar-refractivity contribution in [2.75, 3.05) is 0 Å². The molecule has 0 saturated carbocycles. The summed E-state index contributed by atoms with van der Waals surface area (Å²) in [5, 5.41) is 2.15. The van der Waals surface area contributed by atoms with Gasteiger partial charge in [0.15, 0.2) is 0 Å². The van der Waals surface area contributed by atoms with Crippen LogP contribution in [0.2, 0.25) is 0 Å². The fourth-order valence-corrected chi connectivity index (χ4v) is 2.42. The smallest absolute Gasteiger partial charge is 0.262 e. The molecule has 1 saturated heterocycles. The van der Waals surface area contributed by atoms with E-state index in [-0.39, 0.29) is 18.7 Å². The number of amides is 4. The Bertz CT molecular complexity index is 588. The highest BCUT2D eigenvalue weighted by molar-refractivity contribution is 6.23. The average molecular weight is 257 g/mol. The van der Waals surface area contributed by atoms with E-state index in [2.05, 4.69) is 5.32 Å². The van der Waals surface area contributed by atoms with E-state index in [1.165, 1.54) is 0 Å². The molecule has 6 nitrogen and oxygen atoms in total. The van der Waals surface area contributed by atoms with Gasteiger partial charge >= 0.3 is 0 Å². The van der Waals surface area contributed by atoms with Crippen LogP contribution in [0.5, 0.6) is 0 Å². The van der Waals surface area contributed by atoms with Crippen molar-refractivity contribution in [3.63, 3.8) is 0 Å². The van der Waals surface area contributed by atoms with E-state index in [1.54, 1.807) is 24.3 Å². The topological polar surface area (TPSA) is 83.6 Å². The first-order valence-corrected chi connectivity index (χ1v) is 5.90. The summed E-state index contributed by atoms with van der Waals surface area (Å²) in [6.45, 7) is 0. The van der Waals surface area contributed by atoms with Crippen LogP contribution in [0.1, 0.15) is 33.6 Å². The summed E-state index contributed by atoms with van der Waals surface area (Å²) in [5.74, 6) is -1.92. The first-order chi connectivity index (χ1) is 9.09. The van der Waals surface area contributed by atoms with Crippen LogP contribution in [0.15, 0.2) is 24.3 Å². The van der Waals surface area contributed by atoms with E-state index in [0.717, 1.165) is 4.90 Å². The predicted octanol–water partition coefficient (Wildman–Crippen LogP) is 0.0878. The summed E-state index contributed by atoms with van der Waals surface area (Å²) in [6.07, 6.45) is 0.306. The average Bonchev–Trinajstić information content (AvgIpc) is 2.64. The van der Waals surface area contributed by atoms with Crippen LogP contribution in [-0.4, -0.2) is 34.6 Å². The van der Waals surface area contributed by atoms with Crippen molar-refractivity contribution >= 4 is 23.6 Å². The molecule has 0 radical (unpaired) electrons. The molecule has 4 amide bonds. The van der Waals surface area contributed by atoms with Gasteiger partial charge < -0.3 is 0 Å². The maximum absolute atomic E-state index is 12.2. The molecule has 19 heavy (non-hydrogen) atoms. The van der Waals surface area contributed by atoms with Gasteiger partial charge in [0.1, 0.15) is 6.04 Å². The number of benzene rings is 1. The Morgan fingerprint density at radius 2 is 1.58 bits per heavy atom. The highest BCUT2D eigenvalue weighted by Crippen LogP contribution is 2.26. The molecule has 96 valence electrons. The number of piperidine rings is 1. The van der Waals surface area contributed by atoms with Crippen LogP contribution in [0, 0.1) is 0 Å². The minimum absolute atomic E-state index is 0.129. The fraction of sp³-hybridized carbons (Fsp3) is 0.231. The molecule has 1 aromatic carbocycles. The molecule has 0 aromatic heterocycles. The molecular formula is C13H10N2O4. The summed E-state index contributed by atoms with van der Waals surface area (Å²) in [5.41, 5.74) is 0.606. The molecular weight excluding hydrogens is 247 g/mol. The van der Waals surface area contributed by atoms with Crippen LogP contribution < -0.4 is 5.32 Å². The Labute approximate surface area is 108 Å². The number of rotatable bonds is 1.